The molecule has 1 aliphatic heterocycles. The zero-order valence-electron chi connectivity index (χ0n) is 17.9. The first-order chi connectivity index (χ1) is 13.1. The van der Waals surface area contributed by atoms with Gasteiger partial charge in [-0.25, -0.2) is 0 Å². The third-order valence-corrected chi connectivity index (χ3v) is 5.29. The van der Waals surface area contributed by atoms with Crippen LogP contribution in [0.5, 0.6) is 0 Å². The maximum Gasteiger partial charge on any atom is 0.193 e. The Labute approximate surface area is 166 Å². The van der Waals surface area contributed by atoms with E-state index in [1.165, 1.54) is 56.8 Å². The summed E-state index contributed by atoms with van der Waals surface area (Å²) >= 11 is 0. The predicted octanol–water partition coefficient (Wildman–Crippen LogP) is 2.81. The number of nitrogens with one attached hydrogen (secondary N) is 1. The topological polar surface area (TPSA) is 34.1 Å². The highest BCUT2D eigenvalue weighted by molar-refractivity contribution is 5.79. The molecule has 1 N–H and O–H groups in total. The van der Waals surface area contributed by atoms with Crippen LogP contribution in [-0.4, -0.2) is 80.1 Å². The zero-order valence-corrected chi connectivity index (χ0v) is 17.9. The summed E-state index contributed by atoms with van der Waals surface area (Å²) in [6.45, 7) is 16.5. The van der Waals surface area contributed by atoms with Crippen molar-refractivity contribution in [2.75, 3.05) is 59.4 Å². The van der Waals surface area contributed by atoms with Crippen molar-refractivity contribution < 1.29 is 0 Å². The van der Waals surface area contributed by atoms with Crippen molar-refractivity contribution >= 4 is 5.96 Å². The van der Waals surface area contributed by atoms with Crippen LogP contribution in [0.15, 0.2) is 29.3 Å². The van der Waals surface area contributed by atoms with Gasteiger partial charge in [0.2, 0.25) is 0 Å². The minimum absolute atomic E-state index is 0.883. The second-order valence-electron chi connectivity index (χ2n) is 7.56. The maximum atomic E-state index is 4.84. The van der Waals surface area contributed by atoms with Gasteiger partial charge in [-0.2, -0.15) is 0 Å². The highest BCUT2D eigenvalue weighted by Gasteiger charge is 2.14. The van der Waals surface area contributed by atoms with Crippen molar-refractivity contribution in [3.8, 4) is 0 Å². The van der Waals surface area contributed by atoms with E-state index in [0.717, 1.165) is 32.0 Å². The van der Waals surface area contributed by atoms with Crippen molar-refractivity contribution in [2.45, 2.75) is 40.2 Å². The van der Waals surface area contributed by atoms with Crippen molar-refractivity contribution in [1.82, 2.24) is 20.0 Å². The average Bonchev–Trinajstić information content (AvgIpc) is 2.69. The minimum atomic E-state index is 0.883. The molecular weight excluding hydrogens is 334 g/mol. The van der Waals surface area contributed by atoms with Gasteiger partial charge < -0.3 is 20.0 Å². The van der Waals surface area contributed by atoms with E-state index >= 15 is 0 Å². The van der Waals surface area contributed by atoms with Gasteiger partial charge in [-0.3, -0.25) is 4.99 Å². The second kappa shape index (κ2) is 12.0. The SMILES string of the molecule is CCNC(=NCCCCN1CCN(CC)CC1)N(C)Cc1ccc(C)cc1. The minimum Gasteiger partial charge on any atom is -0.357 e. The molecule has 0 spiro atoms. The van der Waals surface area contributed by atoms with Crippen LogP contribution in [0.25, 0.3) is 0 Å². The number of aliphatic imine (C=N–C) groups is 1. The molecule has 0 unspecified atom stereocenters. The third kappa shape index (κ3) is 7.89. The van der Waals surface area contributed by atoms with Gasteiger partial charge in [0.1, 0.15) is 0 Å². The molecule has 1 fully saturated rings. The number of benzene rings is 1. The molecule has 5 heteroatoms. The van der Waals surface area contributed by atoms with Crippen LogP contribution >= 0.6 is 0 Å². The zero-order chi connectivity index (χ0) is 19.5. The Hall–Kier alpha value is -1.59. The van der Waals surface area contributed by atoms with Gasteiger partial charge in [0.15, 0.2) is 5.96 Å². The predicted molar refractivity (Wildman–Crippen MR) is 116 cm³/mol. The van der Waals surface area contributed by atoms with Crippen LogP contribution in [0.3, 0.4) is 0 Å². The van der Waals surface area contributed by atoms with Crippen molar-refractivity contribution in [2.24, 2.45) is 4.99 Å². The molecule has 0 bridgehead atoms. The maximum absolute atomic E-state index is 4.84. The molecule has 5 nitrogen and oxygen atoms in total. The second-order valence-corrected chi connectivity index (χ2v) is 7.56. The lowest BCUT2D eigenvalue weighted by Gasteiger charge is -2.33. The number of hydrogen-bond donors (Lipinski definition) is 1. The van der Waals surface area contributed by atoms with Gasteiger partial charge in [0.25, 0.3) is 0 Å². The average molecular weight is 374 g/mol. The van der Waals surface area contributed by atoms with Crippen molar-refractivity contribution in [1.29, 1.82) is 0 Å². The van der Waals surface area contributed by atoms with Crippen LogP contribution < -0.4 is 5.32 Å². The molecule has 1 aromatic rings. The summed E-state index contributed by atoms with van der Waals surface area (Å²) in [6.07, 6.45) is 2.39. The van der Waals surface area contributed by atoms with Gasteiger partial charge >= 0.3 is 0 Å². The fraction of sp³-hybridized carbons (Fsp3) is 0.682. The smallest absolute Gasteiger partial charge is 0.193 e. The van der Waals surface area contributed by atoms with E-state index in [-0.39, 0.29) is 0 Å². The Bertz CT molecular complexity index is 546. The summed E-state index contributed by atoms with van der Waals surface area (Å²) in [6, 6.07) is 8.75. The molecule has 0 radical (unpaired) electrons. The molecule has 1 aliphatic rings. The molecule has 0 saturated carbocycles. The first kappa shape index (κ1) is 21.7. The van der Waals surface area contributed by atoms with Gasteiger partial charge in [-0.15, -0.1) is 0 Å². The number of rotatable bonds is 9. The number of guanidine groups is 1. The summed E-state index contributed by atoms with van der Waals surface area (Å²) in [7, 11) is 2.12. The summed E-state index contributed by atoms with van der Waals surface area (Å²) in [5.74, 6) is 1.01. The first-order valence-corrected chi connectivity index (χ1v) is 10.6. The van der Waals surface area contributed by atoms with E-state index in [4.69, 9.17) is 4.99 Å². The van der Waals surface area contributed by atoms with E-state index in [1.54, 1.807) is 0 Å². The summed E-state index contributed by atoms with van der Waals surface area (Å²) in [4.78, 5) is 12.2. The van der Waals surface area contributed by atoms with E-state index in [1.807, 2.05) is 0 Å². The molecule has 0 amide bonds. The molecule has 1 heterocycles. The summed E-state index contributed by atoms with van der Waals surface area (Å²) in [5.41, 5.74) is 2.62. The van der Waals surface area contributed by atoms with Crippen LogP contribution in [0.1, 0.15) is 37.8 Å². The molecule has 0 atom stereocenters. The summed E-state index contributed by atoms with van der Waals surface area (Å²) < 4.78 is 0. The Morgan fingerprint density at radius 2 is 1.70 bits per heavy atom. The highest BCUT2D eigenvalue weighted by Crippen LogP contribution is 2.07. The molecule has 1 saturated heterocycles. The Kier molecular flexibility index (Phi) is 9.64. The molecule has 152 valence electrons. The normalized spacial score (nSPS) is 16.5. The van der Waals surface area contributed by atoms with Crippen LogP contribution in [-0.2, 0) is 6.54 Å². The summed E-state index contributed by atoms with van der Waals surface area (Å²) in [5, 5.41) is 3.43. The van der Waals surface area contributed by atoms with Crippen LogP contribution in [0.2, 0.25) is 0 Å². The van der Waals surface area contributed by atoms with Gasteiger partial charge in [0.05, 0.1) is 0 Å². The van der Waals surface area contributed by atoms with Gasteiger partial charge in [0, 0.05) is 52.9 Å². The number of hydrogen-bond acceptors (Lipinski definition) is 3. The largest absolute Gasteiger partial charge is 0.357 e. The molecule has 1 aromatic carbocycles. The number of likely N-dealkylation sites (N-methyl/N-ethyl adjacent to an activating group) is 1. The highest BCUT2D eigenvalue weighted by atomic mass is 15.3. The monoisotopic (exact) mass is 373 g/mol. The van der Waals surface area contributed by atoms with E-state index in [0.29, 0.717) is 0 Å². The molecule has 0 aliphatic carbocycles. The van der Waals surface area contributed by atoms with Gasteiger partial charge in [-0.05, 0) is 45.3 Å². The van der Waals surface area contributed by atoms with Gasteiger partial charge in [-0.1, -0.05) is 36.8 Å². The molecule has 0 aromatic heterocycles. The lowest BCUT2D eigenvalue weighted by molar-refractivity contribution is 0.136. The Morgan fingerprint density at radius 3 is 2.33 bits per heavy atom. The van der Waals surface area contributed by atoms with E-state index in [9.17, 15) is 0 Å². The Balaban J connectivity index is 1.71. The van der Waals surface area contributed by atoms with Crippen LogP contribution in [0.4, 0.5) is 0 Å². The molecular formula is C22H39N5. The van der Waals surface area contributed by atoms with Crippen LogP contribution in [0, 0.1) is 6.92 Å². The number of unbranched alkanes of at least 4 members (excludes halogenated alkanes) is 1. The number of aryl methyl sites for hydroxylation is 1. The van der Waals surface area contributed by atoms with Crippen molar-refractivity contribution in [3.63, 3.8) is 0 Å². The third-order valence-electron chi connectivity index (χ3n) is 5.29. The molecule has 2 rings (SSSR count). The van der Waals surface area contributed by atoms with E-state index < -0.39 is 0 Å². The van der Waals surface area contributed by atoms with E-state index in [2.05, 4.69) is 72.1 Å². The van der Waals surface area contributed by atoms with Crippen molar-refractivity contribution in [3.05, 3.63) is 35.4 Å². The number of piperazine rings is 1. The number of nitrogens with zero attached hydrogens (tertiary/aromatic N) is 4. The lowest BCUT2D eigenvalue weighted by Crippen LogP contribution is -2.46. The Morgan fingerprint density at radius 1 is 1.04 bits per heavy atom. The lowest BCUT2D eigenvalue weighted by atomic mass is 10.1. The molecule has 27 heavy (non-hydrogen) atoms. The quantitative estimate of drug-likeness (QED) is 0.410. The fourth-order valence-electron chi connectivity index (χ4n) is 3.47. The fourth-order valence-corrected chi connectivity index (χ4v) is 3.47. The first-order valence-electron chi connectivity index (χ1n) is 10.6. The standard InChI is InChI=1S/C22H39N5/c1-5-23-22(25(4)19-21-11-9-20(3)10-12-21)24-13-7-8-14-27-17-15-26(6-2)16-18-27/h9-12H,5-8,13-19H2,1-4H3,(H,23,24).